The van der Waals surface area contributed by atoms with E-state index < -0.39 is 0 Å². The van der Waals surface area contributed by atoms with E-state index >= 15 is 0 Å². The molecule has 0 saturated carbocycles. The fraction of sp³-hybridized carbons (Fsp3) is 0.333. The van der Waals surface area contributed by atoms with Crippen molar-refractivity contribution >= 4 is 22.8 Å². The molecule has 98 valence electrons. The highest BCUT2D eigenvalue weighted by molar-refractivity contribution is 7.17. The van der Waals surface area contributed by atoms with Gasteiger partial charge in [-0.1, -0.05) is 42.5 Å². The molecule has 0 N–H and O–H groups in total. The van der Waals surface area contributed by atoms with Crippen LogP contribution in [-0.4, -0.2) is 17.8 Å². The molecular formula is C15H16N2OS. The molecule has 2 heterocycles. The third kappa shape index (κ3) is 2.28. The fourth-order valence-corrected chi connectivity index (χ4v) is 3.48. The van der Waals surface area contributed by atoms with Crippen molar-refractivity contribution in [3.63, 3.8) is 0 Å². The lowest BCUT2D eigenvalue weighted by Gasteiger charge is -2.28. The number of aromatic nitrogens is 1. The van der Waals surface area contributed by atoms with Crippen LogP contribution in [0.15, 0.2) is 24.3 Å². The Bertz CT molecular complexity index is 606. The van der Waals surface area contributed by atoms with Crippen LogP contribution >= 0.6 is 11.3 Å². The van der Waals surface area contributed by atoms with Crippen molar-refractivity contribution in [2.24, 2.45) is 0 Å². The minimum atomic E-state index is 0.774. The first-order chi connectivity index (χ1) is 9.31. The molecule has 0 bridgehead atoms. The van der Waals surface area contributed by atoms with Gasteiger partial charge in [0, 0.05) is 13.1 Å². The third-order valence-electron chi connectivity index (χ3n) is 3.56. The predicted octanol–water partition coefficient (Wildman–Crippen LogP) is 3.08. The molecule has 0 fully saturated rings. The number of nitrogens with zero attached hydrogens (tertiary/aromatic N) is 2. The zero-order chi connectivity index (χ0) is 13.2. The molecule has 1 aliphatic rings. The average Bonchev–Trinajstić information content (AvgIpc) is 2.90. The fourth-order valence-electron chi connectivity index (χ4n) is 2.49. The van der Waals surface area contributed by atoms with Crippen LogP contribution in [0.3, 0.4) is 0 Å². The molecule has 0 spiro atoms. The van der Waals surface area contributed by atoms with Gasteiger partial charge in [-0.25, -0.2) is 4.98 Å². The molecule has 0 aliphatic carbocycles. The number of benzene rings is 1. The summed E-state index contributed by atoms with van der Waals surface area (Å²) in [6, 6.07) is 8.55. The second kappa shape index (κ2) is 5.13. The summed E-state index contributed by atoms with van der Waals surface area (Å²) in [6.45, 7) is 3.91. The van der Waals surface area contributed by atoms with Gasteiger partial charge in [0.1, 0.15) is 0 Å². The van der Waals surface area contributed by atoms with Gasteiger partial charge in [-0.3, -0.25) is 4.79 Å². The molecule has 19 heavy (non-hydrogen) atoms. The van der Waals surface area contributed by atoms with E-state index in [1.807, 2.05) is 6.92 Å². The van der Waals surface area contributed by atoms with E-state index in [9.17, 15) is 4.79 Å². The predicted molar refractivity (Wildman–Crippen MR) is 78.1 cm³/mol. The summed E-state index contributed by atoms with van der Waals surface area (Å²) < 4.78 is 0. The first-order valence-electron chi connectivity index (χ1n) is 6.58. The Morgan fingerprint density at radius 1 is 1.37 bits per heavy atom. The Morgan fingerprint density at radius 2 is 2.16 bits per heavy atom. The van der Waals surface area contributed by atoms with E-state index in [4.69, 9.17) is 0 Å². The molecule has 4 heteroatoms. The molecule has 3 nitrogen and oxygen atoms in total. The SMILES string of the molecule is CCc1nc(N2CCc3ccccc3C2)sc1C=O. The van der Waals surface area contributed by atoms with Crippen LogP contribution in [0, 0.1) is 0 Å². The second-order valence-electron chi connectivity index (χ2n) is 4.72. The maximum Gasteiger partial charge on any atom is 0.186 e. The summed E-state index contributed by atoms with van der Waals surface area (Å²) in [5.74, 6) is 0. The normalized spacial score (nSPS) is 14.3. The topological polar surface area (TPSA) is 33.2 Å². The Hall–Kier alpha value is -1.68. The minimum Gasteiger partial charge on any atom is -0.343 e. The molecular weight excluding hydrogens is 256 g/mol. The summed E-state index contributed by atoms with van der Waals surface area (Å²) in [4.78, 5) is 18.7. The summed E-state index contributed by atoms with van der Waals surface area (Å²) >= 11 is 1.51. The van der Waals surface area contributed by atoms with Crippen molar-refractivity contribution in [3.8, 4) is 0 Å². The minimum absolute atomic E-state index is 0.774. The van der Waals surface area contributed by atoms with Gasteiger partial charge in [0.05, 0.1) is 10.6 Å². The lowest BCUT2D eigenvalue weighted by molar-refractivity contribution is 0.112. The molecule has 0 amide bonds. The highest BCUT2D eigenvalue weighted by atomic mass is 32.1. The Morgan fingerprint density at radius 3 is 2.84 bits per heavy atom. The first-order valence-corrected chi connectivity index (χ1v) is 7.40. The number of carbonyl (C=O) groups excluding carboxylic acids is 1. The van der Waals surface area contributed by atoms with E-state index in [1.165, 1.54) is 22.5 Å². The second-order valence-corrected chi connectivity index (χ2v) is 5.73. The largest absolute Gasteiger partial charge is 0.343 e. The number of hydrogen-bond acceptors (Lipinski definition) is 4. The van der Waals surface area contributed by atoms with Gasteiger partial charge in [0.15, 0.2) is 11.4 Å². The maximum absolute atomic E-state index is 11.0. The summed E-state index contributed by atoms with van der Waals surface area (Å²) in [6.07, 6.45) is 2.79. The Kier molecular flexibility index (Phi) is 3.34. The zero-order valence-corrected chi connectivity index (χ0v) is 11.7. The molecule has 1 aromatic carbocycles. The van der Waals surface area contributed by atoms with Gasteiger partial charge < -0.3 is 4.90 Å². The van der Waals surface area contributed by atoms with Crippen molar-refractivity contribution < 1.29 is 4.79 Å². The molecule has 1 aliphatic heterocycles. The van der Waals surface area contributed by atoms with Gasteiger partial charge in [0.25, 0.3) is 0 Å². The Labute approximate surface area is 116 Å². The number of anilines is 1. The van der Waals surface area contributed by atoms with Crippen LogP contribution in [0.1, 0.15) is 33.4 Å². The van der Waals surface area contributed by atoms with E-state index in [0.717, 1.165) is 47.9 Å². The van der Waals surface area contributed by atoms with E-state index in [2.05, 4.69) is 34.1 Å². The van der Waals surface area contributed by atoms with Crippen LogP contribution in [0.4, 0.5) is 5.13 Å². The van der Waals surface area contributed by atoms with Gasteiger partial charge in [-0.05, 0) is 24.0 Å². The number of carbonyl (C=O) groups is 1. The van der Waals surface area contributed by atoms with E-state index in [0.29, 0.717) is 0 Å². The highest BCUT2D eigenvalue weighted by Crippen LogP contribution is 2.29. The standard InChI is InChI=1S/C15H16N2OS/c1-2-13-14(10-18)19-15(16-13)17-8-7-11-5-3-4-6-12(11)9-17/h3-6,10H,2,7-9H2,1H3. The molecule has 3 rings (SSSR count). The number of rotatable bonds is 3. The summed E-state index contributed by atoms with van der Waals surface area (Å²) in [5, 5.41) is 0.980. The quantitative estimate of drug-likeness (QED) is 0.805. The highest BCUT2D eigenvalue weighted by Gasteiger charge is 2.20. The number of aryl methyl sites for hydroxylation is 1. The third-order valence-corrected chi connectivity index (χ3v) is 4.64. The van der Waals surface area contributed by atoms with Crippen molar-refractivity contribution in [3.05, 3.63) is 46.0 Å². The van der Waals surface area contributed by atoms with Gasteiger partial charge in [-0.2, -0.15) is 0 Å². The molecule has 1 aromatic heterocycles. The van der Waals surface area contributed by atoms with Crippen molar-refractivity contribution in [1.82, 2.24) is 4.98 Å². The smallest absolute Gasteiger partial charge is 0.186 e. The lowest BCUT2D eigenvalue weighted by atomic mass is 10.0. The van der Waals surface area contributed by atoms with Gasteiger partial charge in [-0.15, -0.1) is 0 Å². The average molecular weight is 272 g/mol. The van der Waals surface area contributed by atoms with E-state index in [-0.39, 0.29) is 0 Å². The number of hydrogen-bond donors (Lipinski definition) is 0. The Balaban J connectivity index is 1.88. The van der Waals surface area contributed by atoms with Crippen molar-refractivity contribution in [2.45, 2.75) is 26.3 Å². The molecule has 0 unspecified atom stereocenters. The van der Waals surface area contributed by atoms with Crippen molar-refractivity contribution in [2.75, 3.05) is 11.4 Å². The molecule has 0 saturated heterocycles. The first kappa shape index (κ1) is 12.4. The number of thiazole rings is 1. The van der Waals surface area contributed by atoms with Crippen molar-refractivity contribution in [1.29, 1.82) is 0 Å². The van der Waals surface area contributed by atoms with Crippen LogP contribution in [0.25, 0.3) is 0 Å². The monoisotopic (exact) mass is 272 g/mol. The van der Waals surface area contributed by atoms with Crippen LogP contribution < -0.4 is 4.90 Å². The van der Waals surface area contributed by atoms with E-state index in [1.54, 1.807) is 0 Å². The molecule has 0 atom stereocenters. The molecule has 2 aromatic rings. The van der Waals surface area contributed by atoms with Crippen LogP contribution in [0.5, 0.6) is 0 Å². The summed E-state index contributed by atoms with van der Waals surface area (Å²) in [7, 11) is 0. The molecule has 0 radical (unpaired) electrons. The zero-order valence-electron chi connectivity index (χ0n) is 10.9. The van der Waals surface area contributed by atoms with Crippen LogP contribution in [-0.2, 0) is 19.4 Å². The number of fused-ring (bicyclic) bond motifs is 1. The van der Waals surface area contributed by atoms with Gasteiger partial charge >= 0.3 is 0 Å². The summed E-state index contributed by atoms with van der Waals surface area (Å²) in [5.41, 5.74) is 3.73. The lowest BCUT2D eigenvalue weighted by Crippen LogP contribution is -2.30. The maximum atomic E-state index is 11.0. The van der Waals surface area contributed by atoms with Gasteiger partial charge in [0.2, 0.25) is 0 Å². The van der Waals surface area contributed by atoms with Crippen LogP contribution in [0.2, 0.25) is 0 Å². The number of aldehydes is 1.